The Hall–Kier alpha value is -14.4. The summed E-state index contributed by atoms with van der Waals surface area (Å²) in [5, 5.41) is 129. The zero-order valence-corrected chi connectivity index (χ0v) is 74.2. The minimum atomic E-state index is -0.963. The number of hydrogen-bond donors (Lipinski definition) is 13. The summed E-state index contributed by atoms with van der Waals surface area (Å²) in [6.45, 7) is 0.639. The Morgan fingerprint density at radius 1 is 0.341 bits per heavy atom. The third-order valence-electron chi connectivity index (χ3n) is 25.1. The number of rotatable bonds is 26. The van der Waals surface area contributed by atoms with Crippen LogP contribution in [0.1, 0.15) is 89.5 Å². The fraction of sp³-hybridized carbons (Fsp3) is 0.350. The van der Waals surface area contributed by atoms with Crippen LogP contribution < -0.4 is 47.4 Å². The molecule has 4 aliphatic heterocycles. The van der Waals surface area contributed by atoms with Crippen LogP contribution in [0.5, 0.6) is 115 Å². The summed E-state index contributed by atoms with van der Waals surface area (Å²) in [5.41, 5.74) is 9.73. The van der Waals surface area contributed by atoms with Crippen LogP contribution in [0.3, 0.4) is 0 Å². The highest BCUT2D eigenvalue weighted by molar-refractivity contribution is 6.02. The topological polar surface area (TPSA) is 478 Å². The number of phenols is 10. The molecule has 0 amide bonds. The summed E-state index contributed by atoms with van der Waals surface area (Å²) in [5.74, 6) is -1.49. The molecule has 16 rings (SSSR count). The molecule has 2 aliphatic carbocycles. The van der Waals surface area contributed by atoms with E-state index < -0.39 is 35.7 Å². The van der Waals surface area contributed by atoms with E-state index in [0.29, 0.717) is 102 Å². The van der Waals surface area contributed by atoms with Crippen LogP contribution in [0.2, 0.25) is 0 Å². The van der Waals surface area contributed by atoms with Crippen molar-refractivity contribution in [3.8, 4) is 115 Å². The first-order chi connectivity index (χ1) is 63.5. The van der Waals surface area contributed by atoms with Gasteiger partial charge >= 0.3 is 23.9 Å². The number of hydrogen-bond acceptors (Lipinski definition) is 32. The summed E-state index contributed by atoms with van der Waals surface area (Å²) < 4.78 is 72.4. The van der Waals surface area contributed by atoms with Crippen molar-refractivity contribution in [3.63, 3.8) is 0 Å². The van der Waals surface area contributed by atoms with Gasteiger partial charge in [-0.05, 0) is 239 Å². The van der Waals surface area contributed by atoms with Gasteiger partial charge in [-0.25, -0.2) is 0 Å². The van der Waals surface area contributed by atoms with Gasteiger partial charge in [0.1, 0.15) is 6.61 Å². The van der Waals surface area contributed by atoms with Crippen molar-refractivity contribution in [2.45, 2.75) is 56.5 Å². The van der Waals surface area contributed by atoms with Crippen molar-refractivity contribution in [1.82, 2.24) is 0 Å². The minimum absolute atomic E-state index is 0.000738. The Bertz CT molecular complexity index is 5780. The number of methoxy groups -OCH3 is 10. The smallest absolute Gasteiger partial charge is 0.310 e. The lowest BCUT2D eigenvalue weighted by atomic mass is 9.67. The van der Waals surface area contributed by atoms with Crippen molar-refractivity contribution < 1.29 is 157 Å². The van der Waals surface area contributed by atoms with Gasteiger partial charge in [-0.15, -0.1) is 0 Å². The minimum Gasteiger partial charge on any atom is -0.504 e. The number of fused-ring (bicyclic) bond motifs is 3. The molecule has 0 radical (unpaired) electrons. The van der Waals surface area contributed by atoms with Crippen LogP contribution in [-0.2, 0) is 76.7 Å². The van der Waals surface area contributed by atoms with Crippen LogP contribution in [0.4, 0.5) is 0 Å². The molecule has 4 fully saturated rings. The Kier molecular flexibility index (Phi) is 31.8. The summed E-state index contributed by atoms with van der Waals surface area (Å²) in [4.78, 5) is 61.8. The van der Waals surface area contributed by atoms with E-state index in [-0.39, 0.29) is 173 Å². The molecule has 132 heavy (non-hydrogen) atoms. The summed E-state index contributed by atoms with van der Waals surface area (Å²) in [6.07, 6.45) is 1.95. The average molecular weight is 1820 g/mol. The second-order valence-electron chi connectivity index (χ2n) is 32.6. The van der Waals surface area contributed by atoms with Crippen molar-refractivity contribution in [2.24, 2.45) is 59.2 Å². The van der Waals surface area contributed by atoms with Crippen LogP contribution >= 0.6 is 0 Å². The van der Waals surface area contributed by atoms with E-state index in [1.54, 1.807) is 121 Å². The predicted octanol–water partition coefficient (Wildman–Crippen LogP) is 11.8. The van der Waals surface area contributed by atoms with Crippen LogP contribution in [0, 0.1) is 59.2 Å². The Morgan fingerprint density at radius 2 is 0.705 bits per heavy atom. The summed E-state index contributed by atoms with van der Waals surface area (Å²) in [7, 11) is 14.7. The normalized spacial score (nSPS) is 20.8. The first-order valence-electron chi connectivity index (χ1n) is 42.3. The number of esters is 4. The number of carbonyl (C=O) groups excluding carboxylic acids is 5. The molecular weight excluding hydrogens is 1710 g/mol. The average Bonchev–Trinajstić information content (AvgIpc) is 1.33. The number of aromatic hydroxyl groups is 10. The molecule has 13 atom stereocenters. The Balaban J connectivity index is 0.000000149. The van der Waals surface area contributed by atoms with Crippen LogP contribution in [0.15, 0.2) is 170 Å². The number of aliphatic hydroxyl groups is 3. The lowest BCUT2D eigenvalue weighted by Gasteiger charge is -2.38. The highest BCUT2D eigenvalue weighted by Gasteiger charge is 2.49. The van der Waals surface area contributed by atoms with Crippen LogP contribution in [0.25, 0.3) is 0 Å². The first kappa shape index (κ1) is 96.7. The van der Waals surface area contributed by atoms with Gasteiger partial charge in [-0.1, -0.05) is 42.5 Å². The zero-order valence-electron chi connectivity index (χ0n) is 74.2. The van der Waals surface area contributed by atoms with E-state index in [1.807, 2.05) is 12.1 Å². The standard InChI is InChI=1S/C20H22O7.C20H20O7.C20H20O6.C20H22O6.C20H24O6/c2*1-25-17-8-11(3-5-15(17)21)7-13-14(10-27-20(13)24)19(23)12-4-6-16(22)18(9-12)26-2;1-24-17-6-10(3-4-15(17)21)19-12-8-16(22)18(25-2)7-11(12)5-13-14(19)9-26-20(13)23;1-24-18-9-12(3-5-16(18)21)7-14-11-26-20(23)15(14)8-13-4-6-17(22)19(10-13)25-2;1-25-18-6-11(3-4-16(18)23)20-14-8-17(24)19(26-2)7-12(14)5-13(9-21)15(20)10-22/h3-6,8-9,13-14,19,21-23H,7,10H2,1-2H3;3-6,8-9,13-14,21-22H,7,10H2,1-2H3;3-4,6-8,13-14,19,21-22H,5,9H2,1-2H3;3-6,9-10,14-15,21-22H,7-8,11H2,1-2H3;3-4,6-8,13,15,20-24H,5,9-10H2,1-2H3. The van der Waals surface area contributed by atoms with Crippen molar-refractivity contribution >= 4 is 29.7 Å². The Morgan fingerprint density at radius 3 is 1.18 bits per heavy atom. The van der Waals surface area contributed by atoms with E-state index in [9.17, 15) is 90.4 Å². The summed E-state index contributed by atoms with van der Waals surface area (Å²) >= 11 is 0. The number of Topliss-reactive ketones (excluding diaryl/α,β-unsaturated/α-hetero) is 1. The highest BCUT2D eigenvalue weighted by Crippen LogP contribution is 2.53. The number of cyclic esters (lactones) is 4. The van der Waals surface area contributed by atoms with Crippen molar-refractivity contribution in [3.05, 3.63) is 237 Å². The fourth-order valence-electron chi connectivity index (χ4n) is 18.0. The van der Waals surface area contributed by atoms with Crippen molar-refractivity contribution in [2.75, 3.05) is 111 Å². The number of ketones is 1. The monoisotopic (exact) mass is 1820 g/mol. The molecule has 0 spiro atoms. The molecule has 4 saturated heterocycles. The zero-order chi connectivity index (χ0) is 95.1. The maximum absolute atomic E-state index is 12.9. The highest BCUT2D eigenvalue weighted by atomic mass is 16.6. The van der Waals surface area contributed by atoms with Gasteiger partial charge in [0.05, 0.1) is 127 Å². The van der Waals surface area contributed by atoms with Gasteiger partial charge < -0.3 is 133 Å². The Labute approximate surface area is 760 Å². The quantitative estimate of drug-likeness (QED) is 0.0136. The largest absolute Gasteiger partial charge is 0.504 e. The lowest BCUT2D eigenvalue weighted by Crippen LogP contribution is -2.35. The third-order valence-corrected chi connectivity index (χ3v) is 25.1. The molecule has 13 N–H and O–H groups in total. The number of benzene rings is 10. The first-order valence-corrected chi connectivity index (χ1v) is 42.3. The molecule has 10 aromatic rings. The molecular formula is C100H108O32. The number of phenolic OH excluding ortho intramolecular Hbond substituents is 10. The van der Waals surface area contributed by atoms with Crippen LogP contribution in [-0.4, -0.2) is 207 Å². The molecule has 32 heteroatoms. The van der Waals surface area contributed by atoms with Gasteiger partial charge in [0.25, 0.3) is 0 Å². The van der Waals surface area contributed by atoms with E-state index in [1.165, 1.54) is 107 Å². The lowest BCUT2D eigenvalue weighted by molar-refractivity contribution is -0.142. The van der Waals surface area contributed by atoms with E-state index >= 15 is 0 Å². The maximum Gasteiger partial charge on any atom is 0.310 e. The van der Waals surface area contributed by atoms with Crippen molar-refractivity contribution in [1.29, 1.82) is 0 Å². The summed E-state index contributed by atoms with van der Waals surface area (Å²) in [6, 6.07) is 46.0. The molecule has 32 nitrogen and oxygen atoms in total. The van der Waals surface area contributed by atoms with Gasteiger partial charge in [0, 0.05) is 48.4 Å². The molecule has 4 heterocycles. The maximum atomic E-state index is 12.9. The van der Waals surface area contributed by atoms with Gasteiger partial charge in [-0.3, -0.25) is 24.0 Å². The molecule has 0 bridgehead atoms. The number of aliphatic hydroxyl groups excluding tert-OH is 3. The molecule has 6 aliphatic rings. The van der Waals surface area contributed by atoms with Gasteiger partial charge in [0.15, 0.2) is 121 Å². The fourth-order valence-corrected chi connectivity index (χ4v) is 18.0. The van der Waals surface area contributed by atoms with Gasteiger partial charge in [-0.2, -0.15) is 0 Å². The third kappa shape index (κ3) is 21.5. The van der Waals surface area contributed by atoms with E-state index in [2.05, 4.69) is 0 Å². The second kappa shape index (κ2) is 43.4. The molecule has 0 saturated carbocycles. The SMILES string of the molecule is COc1cc(C2c3cc(O)c(OC)cc3CC(CO)C2CO)ccc1O.COc1cc(C2c3cc(O)c(OC)cc3CC3C(=O)OCC32)ccc1O.COc1cc(CC2C(=O)OCC2C(=O)c2ccc(O)c(OC)c2)ccc1O.COc1cc(CC2C(=O)OCC2C(O)c2ccc(O)c(OC)c2)ccc1O.COc1cc(CC2COC(=O)C2Cc2ccc(O)c(OC)c2)ccc1O. The van der Waals surface area contributed by atoms with E-state index in [4.69, 9.17) is 66.3 Å². The molecule has 13 unspecified atom stereocenters. The molecule has 10 aromatic carbocycles. The van der Waals surface area contributed by atoms with Gasteiger partial charge in [0.2, 0.25) is 0 Å². The number of carbonyl (C=O) groups is 5. The predicted molar refractivity (Wildman–Crippen MR) is 475 cm³/mol. The molecule has 700 valence electrons. The van der Waals surface area contributed by atoms with E-state index in [0.717, 1.165) is 55.6 Å². The molecule has 0 aromatic heterocycles. The second-order valence-corrected chi connectivity index (χ2v) is 32.6. The number of ether oxygens (including phenoxy) is 14.